The molecule has 6 heteroatoms. The lowest BCUT2D eigenvalue weighted by Crippen LogP contribution is -2.19. The van der Waals surface area contributed by atoms with Crippen molar-refractivity contribution in [3.63, 3.8) is 0 Å². The molecular weight excluding hydrogens is 412 g/mol. The minimum Gasteiger partial charge on any atom is -0.482 e. The second-order valence-corrected chi connectivity index (χ2v) is 7.92. The number of aryl methyl sites for hydroxylation is 1. The van der Waals surface area contributed by atoms with Crippen LogP contribution in [0.4, 0.5) is 20.2 Å². The lowest BCUT2D eigenvalue weighted by atomic mass is 10.0. The van der Waals surface area contributed by atoms with Gasteiger partial charge in [0.15, 0.2) is 6.61 Å². The average molecular weight is 440 g/mol. The van der Waals surface area contributed by atoms with Gasteiger partial charge in [-0.25, -0.2) is 13.6 Å². The molecule has 0 radical (unpaired) electrons. The van der Waals surface area contributed by atoms with Crippen LogP contribution in [-0.2, 0) is 9.53 Å². The normalized spacial score (nSPS) is 10.9. The van der Waals surface area contributed by atoms with Crippen LogP contribution >= 0.6 is 0 Å². The highest BCUT2D eigenvalue weighted by Gasteiger charge is 2.18. The van der Waals surface area contributed by atoms with E-state index in [2.05, 4.69) is 0 Å². The Hall–Kier alpha value is -3.41. The van der Waals surface area contributed by atoms with Crippen LogP contribution < -0.4 is 9.64 Å². The van der Waals surface area contributed by atoms with Gasteiger partial charge in [0.2, 0.25) is 0 Å². The molecule has 0 N–H and O–H groups in total. The van der Waals surface area contributed by atoms with Crippen LogP contribution in [0.3, 0.4) is 0 Å². The minimum absolute atomic E-state index is 0.214. The minimum atomic E-state index is -0.455. The van der Waals surface area contributed by atoms with E-state index in [0.717, 1.165) is 16.8 Å². The monoisotopic (exact) mass is 439 g/mol. The van der Waals surface area contributed by atoms with Gasteiger partial charge in [-0.3, -0.25) is 0 Å². The molecule has 4 nitrogen and oxygen atoms in total. The standard InChI is InChI=1S/C26H27F2NO3/c1-16(2)32-25(30)15-31-24-12-9-17(3)26(18(24)4)29(5)23-14-20(10-11-22(23)28)19-7-6-8-21(27)13-19/h6-14,16H,15H2,1-5H3. The van der Waals surface area contributed by atoms with Crippen molar-refractivity contribution >= 4 is 17.3 Å². The summed E-state index contributed by atoms with van der Waals surface area (Å²) >= 11 is 0. The number of hydrogen-bond acceptors (Lipinski definition) is 4. The number of esters is 1. The molecule has 0 amide bonds. The molecule has 0 spiro atoms. The first-order chi connectivity index (χ1) is 15.2. The van der Waals surface area contributed by atoms with Gasteiger partial charge in [0.1, 0.15) is 17.4 Å². The number of halogens is 2. The summed E-state index contributed by atoms with van der Waals surface area (Å²) in [5.74, 6) is -0.698. The summed E-state index contributed by atoms with van der Waals surface area (Å²) in [6.07, 6.45) is -0.222. The number of benzene rings is 3. The van der Waals surface area contributed by atoms with Crippen molar-refractivity contribution in [2.45, 2.75) is 33.8 Å². The molecule has 0 unspecified atom stereocenters. The van der Waals surface area contributed by atoms with Gasteiger partial charge >= 0.3 is 5.97 Å². The molecule has 3 aromatic carbocycles. The molecule has 0 saturated heterocycles. The van der Waals surface area contributed by atoms with E-state index in [-0.39, 0.29) is 18.5 Å². The Kier molecular flexibility index (Phi) is 7.13. The van der Waals surface area contributed by atoms with E-state index in [1.54, 1.807) is 56.1 Å². The Balaban J connectivity index is 1.94. The van der Waals surface area contributed by atoms with Crippen LogP contribution in [0.5, 0.6) is 5.75 Å². The van der Waals surface area contributed by atoms with E-state index in [1.807, 2.05) is 19.9 Å². The molecule has 0 aliphatic heterocycles. The first kappa shape index (κ1) is 23.3. The van der Waals surface area contributed by atoms with Crippen molar-refractivity contribution in [3.05, 3.63) is 77.4 Å². The summed E-state index contributed by atoms with van der Waals surface area (Å²) in [6, 6.07) is 14.5. The molecule has 0 bridgehead atoms. The zero-order valence-corrected chi connectivity index (χ0v) is 18.9. The highest BCUT2D eigenvalue weighted by molar-refractivity contribution is 5.76. The van der Waals surface area contributed by atoms with E-state index in [1.165, 1.54) is 18.2 Å². The average Bonchev–Trinajstić information content (AvgIpc) is 2.73. The Morgan fingerprint density at radius 3 is 2.41 bits per heavy atom. The quantitative estimate of drug-likeness (QED) is 0.402. The molecule has 0 aliphatic rings. The maximum absolute atomic E-state index is 14.8. The largest absolute Gasteiger partial charge is 0.482 e. The van der Waals surface area contributed by atoms with Gasteiger partial charge in [0.05, 0.1) is 17.5 Å². The second kappa shape index (κ2) is 9.81. The lowest BCUT2D eigenvalue weighted by molar-refractivity contribution is -0.149. The first-order valence-corrected chi connectivity index (χ1v) is 10.4. The molecule has 32 heavy (non-hydrogen) atoms. The number of nitrogens with zero attached hydrogens (tertiary/aromatic N) is 1. The van der Waals surface area contributed by atoms with E-state index in [4.69, 9.17) is 9.47 Å². The van der Waals surface area contributed by atoms with Gasteiger partial charge in [0.25, 0.3) is 0 Å². The molecule has 0 heterocycles. The van der Waals surface area contributed by atoms with Crippen LogP contribution in [0, 0.1) is 25.5 Å². The lowest BCUT2D eigenvalue weighted by Gasteiger charge is -2.26. The molecule has 0 aromatic heterocycles. The van der Waals surface area contributed by atoms with Crippen molar-refractivity contribution in [3.8, 4) is 16.9 Å². The number of carbonyl (C=O) groups excluding carboxylic acids is 1. The summed E-state index contributed by atoms with van der Waals surface area (Å²) < 4.78 is 39.3. The predicted molar refractivity (Wildman–Crippen MR) is 122 cm³/mol. The van der Waals surface area contributed by atoms with Crippen molar-refractivity contribution in [2.75, 3.05) is 18.6 Å². The van der Waals surface area contributed by atoms with E-state index in [9.17, 15) is 13.6 Å². The fourth-order valence-corrected chi connectivity index (χ4v) is 3.66. The number of hydrogen-bond donors (Lipinski definition) is 0. The van der Waals surface area contributed by atoms with Crippen molar-refractivity contribution < 1.29 is 23.0 Å². The maximum Gasteiger partial charge on any atom is 0.344 e. The van der Waals surface area contributed by atoms with Gasteiger partial charge in [-0.2, -0.15) is 0 Å². The molecular formula is C26H27F2NO3. The van der Waals surface area contributed by atoms with Crippen LogP contribution in [0.1, 0.15) is 25.0 Å². The number of anilines is 2. The van der Waals surface area contributed by atoms with Gasteiger partial charge < -0.3 is 14.4 Å². The summed E-state index contributed by atoms with van der Waals surface area (Å²) in [5, 5.41) is 0. The van der Waals surface area contributed by atoms with Crippen LogP contribution in [0.2, 0.25) is 0 Å². The van der Waals surface area contributed by atoms with Gasteiger partial charge in [0, 0.05) is 12.6 Å². The summed E-state index contributed by atoms with van der Waals surface area (Å²) in [7, 11) is 1.76. The summed E-state index contributed by atoms with van der Waals surface area (Å²) in [5.41, 5.74) is 4.14. The molecule has 0 fully saturated rings. The SMILES string of the molecule is Cc1ccc(OCC(=O)OC(C)C)c(C)c1N(C)c1cc(-c2cccc(F)c2)ccc1F. The second-order valence-electron chi connectivity index (χ2n) is 7.92. The van der Waals surface area contributed by atoms with Crippen LogP contribution in [-0.4, -0.2) is 25.7 Å². The Labute approximate surface area is 187 Å². The molecule has 0 atom stereocenters. The van der Waals surface area contributed by atoms with Crippen molar-refractivity contribution in [1.29, 1.82) is 0 Å². The van der Waals surface area contributed by atoms with E-state index in [0.29, 0.717) is 22.6 Å². The molecule has 0 saturated carbocycles. The smallest absolute Gasteiger partial charge is 0.344 e. The third-order valence-corrected chi connectivity index (χ3v) is 5.10. The van der Waals surface area contributed by atoms with E-state index >= 15 is 0 Å². The molecule has 0 aliphatic carbocycles. The number of carbonyl (C=O) groups is 1. The topological polar surface area (TPSA) is 38.8 Å². The van der Waals surface area contributed by atoms with Crippen molar-refractivity contribution in [1.82, 2.24) is 0 Å². The first-order valence-electron chi connectivity index (χ1n) is 10.4. The predicted octanol–water partition coefficient (Wildman–Crippen LogP) is 6.35. The molecule has 3 rings (SSSR count). The van der Waals surface area contributed by atoms with Crippen molar-refractivity contribution in [2.24, 2.45) is 0 Å². The Bertz CT molecular complexity index is 1130. The summed E-state index contributed by atoms with van der Waals surface area (Å²) in [6.45, 7) is 7.11. The fraction of sp³-hybridized carbons (Fsp3) is 0.269. The zero-order valence-electron chi connectivity index (χ0n) is 18.9. The number of ether oxygens (including phenoxy) is 2. The Morgan fingerprint density at radius 1 is 1.00 bits per heavy atom. The van der Waals surface area contributed by atoms with E-state index < -0.39 is 11.8 Å². The highest BCUT2D eigenvalue weighted by atomic mass is 19.1. The van der Waals surface area contributed by atoms with Gasteiger partial charge in [-0.05, 0) is 74.7 Å². The van der Waals surface area contributed by atoms with Gasteiger partial charge in [-0.15, -0.1) is 0 Å². The highest BCUT2D eigenvalue weighted by Crippen LogP contribution is 2.37. The van der Waals surface area contributed by atoms with Crippen LogP contribution in [0.25, 0.3) is 11.1 Å². The van der Waals surface area contributed by atoms with Crippen LogP contribution in [0.15, 0.2) is 54.6 Å². The zero-order chi connectivity index (χ0) is 23.4. The molecule has 3 aromatic rings. The third kappa shape index (κ3) is 5.25. The Morgan fingerprint density at radius 2 is 1.72 bits per heavy atom. The fourth-order valence-electron chi connectivity index (χ4n) is 3.66. The number of rotatable bonds is 7. The molecule has 168 valence electrons. The summed E-state index contributed by atoms with van der Waals surface area (Å²) in [4.78, 5) is 13.6. The van der Waals surface area contributed by atoms with Gasteiger partial charge in [-0.1, -0.05) is 24.3 Å². The maximum atomic E-state index is 14.8. The third-order valence-electron chi connectivity index (χ3n) is 5.10.